The monoisotopic (exact) mass is 464 g/mol. The SMILES string of the molecule is CCC(C)(C)C(=O)OC1(C)C2CC3CC(C2)CC1C3.CCC(C)(C)C(=O)OC1CCOC1=O. The Kier molecular flexibility index (Phi) is 7.55. The van der Waals surface area contributed by atoms with Gasteiger partial charge in [-0.05, 0) is 103 Å². The summed E-state index contributed by atoms with van der Waals surface area (Å²) in [5.74, 6) is 2.36. The van der Waals surface area contributed by atoms with E-state index in [1.165, 1.54) is 32.1 Å². The molecule has 0 aromatic rings. The lowest BCUT2D eigenvalue weighted by atomic mass is 9.50. The number of esters is 3. The van der Waals surface area contributed by atoms with Gasteiger partial charge in [-0.25, -0.2) is 4.79 Å². The molecule has 0 spiro atoms. The van der Waals surface area contributed by atoms with E-state index in [-0.39, 0.29) is 23.0 Å². The van der Waals surface area contributed by atoms with Crippen LogP contribution in [0.1, 0.15) is 99.8 Å². The highest BCUT2D eigenvalue weighted by molar-refractivity contribution is 5.82. The first-order valence-electron chi connectivity index (χ1n) is 12.9. The second-order valence-corrected chi connectivity index (χ2v) is 12.2. The van der Waals surface area contributed by atoms with Crippen molar-refractivity contribution in [2.24, 2.45) is 34.5 Å². The van der Waals surface area contributed by atoms with E-state index in [9.17, 15) is 14.4 Å². The van der Waals surface area contributed by atoms with Gasteiger partial charge in [-0.3, -0.25) is 9.59 Å². The molecule has 188 valence electrons. The Bertz CT molecular complexity index is 724. The van der Waals surface area contributed by atoms with Crippen molar-refractivity contribution < 1.29 is 28.6 Å². The molecule has 4 bridgehead atoms. The van der Waals surface area contributed by atoms with Crippen LogP contribution in [0.3, 0.4) is 0 Å². The molecule has 5 fully saturated rings. The van der Waals surface area contributed by atoms with Crippen LogP contribution in [0.4, 0.5) is 0 Å². The summed E-state index contributed by atoms with van der Waals surface area (Å²) in [5, 5.41) is 0. The van der Waals surface area contributed by atoms with Crippen LogP contribution in [0.15, 0.2) is 0 Å². The number of carbonyl (C=O) groups is 3. The van der Waals surface area contributed by atoms with Gasteiger partial charge in [0.15, 0.2) is 0 Å². The van der Waals surface area contributed by atoms with Gasteiger partial charge in [-0.15, -0.1) is 0 Å². The molecule has 5 rings (SSSR count). The van der Waals surface area contributed by atoms with E-state index in [0.29, 0.717) is 31.3 Å². The maximum Gasteiger partial charge on any atom is 0.347 e. The van der Waals surface area contributed by atoms with E-state index in [1.807, 2.05) is 20.8 Å². The summed E-state index contributed by atoms with van der Waals surface area (Å²) in [6.45, 7) is 14.2. The Morgan fingerprint density at radius 1 is 0.909 bits per heavy atom. The molecule has 0 radical (unpaired) electrons. The zero-order valence-electron chi connectivity index (χ0n) is 21.7. The van der Waals surface area contributed by atoms with E-state index < -0.39 is 17.5 Å². The van der Waals surface area contributed by atoms with E-state index in [0.717, 1.165) is 18.3 Å². The van der Waals surface area contributed by atoms with Crippen molar-refractivity contribution in [3.8, 4) is 0 Å². The van der Waals surface area contributed by atoms with E-state index in [2.05, 4.69) is 13.8 Å². The number of hydrogen-bond acceptors (Lipinski definition) is 6. The average molecular weight is 465 g/mol. The maximum atomic E-state index is 12.5. The standard InChI is InChI=1S/C17H28O2.C10H16O4/c1-5-16(2,3)15(18)19-17(4)13-7-11-6-12(9-13)10-14(17)8-11;1-4-10(2,3)9(12)14-7-5-6-13-8(7)11/h11-14H,5-10H2,1-4H3;7H,4-6H2,1-3H3. The Morgan fingerprint density at radius 3 is 1.82 bits per heavy atom. The molecule has 0 aromatic carbocycles. The number of carbonyl (C=O) groups excluding carboxylic acids is 3. The van der Waals surface area contributed by atoms with Gasteiger partial charge in [0.05, 0.1) is 17.4 Å². The maximum absolute atomic E-state index is 12.5. The van der Waals surface area contributed by atoms with Crippen LogP contribution in [0, 0.1) is 34.5 Å². The molecule has 0 aromatic heterocycles. The van der Waals surface area contributed by atoms with Gasteiger partial charge in [0, 0.05) is 6.42 Å². The van der Waals surface area contributed by atoms with Crippen molar-refractivity contribution in [1.82, 2.24) is 0 Å². The van der Waals surface area contributed by atoms with Crippen LogP contribution >= 0.6 is 0 Å². The molecule has 1 saturated heterocycles. The molecular weight excluding hydrogens is 420 g/mol. The van der Waals surface area contributed by atoms with Crippen LogP contribution in [0.5, 0.6) is 0 Å². The first kappa shape index (κ1) is 26.0. The minimum absolute atomic E-state index is 0.0185. The summed E-state index contributed by atoms with van der Waals surface area (Å²) in [6, 6.07) is 0. The third kappa shape index (κ3) is 5.40. The third-order valence-corrected chi connectivity index (χ3v) is 9.08. The summed E-state index contributed by atoms with van der Waals surface area (Å²) in [7, 11) is 0. The zero-order chi connectivity index (χ0) is 24.6. The fourth-order valence-corrected chi connectivity index (χ4v) is 5.79. The predicted molar refractivity (Wildman–Crippen MR) is 125 cm³/mol. The van der Waals surface area contributed by atoms with Gasteiger partial charge in [-0.2, -0.15) is 0 Å². The molecule has 6 nitrogen and oxygen atoms in total. The molecule has 0 N–H and O–H groups in total. The van der Waals surface area contributed by atoms with Crippen molar-refractivity contribution in [2.45, 2.75) is 112 Å². The van der Waals surface area contributed by atoms with E-state index in [1.54, 1.807) is 13.8 Å². The lowest BCUT2D eigenvalue weighted by Crippen LogP contribution is -2.58. The van der Waals surface area contributed by atoms with Crippen LogP contribution in [-0.4, -0.2) is 36.2 Å². The molecule has 1 unspecified atom stereocenters. The molecular formula is C27H44O6. The van der Waals surface area contributed by atoms with Gasteiger partial charge in [0.2, 0.25) is 6.10 Å². The van der Waals surface area contributed by atoms with Crippen LogP contribution in [-0.2, 0) is 28.6 Å². The number of cyclic esters (lactones) is 1. The normalized spacial score (nSPS) is 34.9. The average Bonchev–Trinajstić information content (AvgIpc) is 3.16. The van der Waals surface area contributed by atoms with Crippen molar-refractivity contribution >= 4 is 17.9 Å². The molecule has 6 heteroatoms. The topological polar surface area (TPSA) is 78.9 Å². The molecule has 4 saturated carbocycles. The zero-order valence-corrected chi connectivity index (χ0v) is 21.7. The minimum Gasteiger partial charge on any atom is -0.463 e. The number of ether oxygens (including phenoxy) is 3. The van der Waals surface area contributed by atoms with Gasteiger partial charge in [0.25, 0.3) is 0 Å². The molecule has 1 aliphatic heterocycles. The van der Waals surface area contributed by atoms with Crippen LogP contribution < -0.4 is 0 Å². The fourth-order valence-electron chi connectivity index (χ4n) is 5.79. The van der Waals surface area contributed by atoms with Crippen molar-refractivity contribution in [1.29, 1.82) is 0 Å². The molecule has 1 heterocycles. The van der Waals surface area contributed by atoms with Crippen molar-refractivity contribution in [3.63, 3.8) is 0 Å². The summed E-state index contributed by atoms with van der Waals surface area (Å²) in [4.78, 5) is 35.1. The third-order valence-electron chi connectivity index (χ3n) is 9.08. The van der Waals surface area contributed by atoms with Crippen molar-refractivity contribution in [2.75, 3.05) is 6.61 Å². The second kappa shape index (κ2) is 9.58. The Hall–Kier alpha value is -1.59. The molecule has 5 aliphatic rings. The number of rotatable bonds is 6. The number of hydrogen-bond donors (Lipinski definition) is 0. The highest BCUT2D eigenvalue weighted by Crippen LogP contribution is 2.59. The van der Waals surface area contributed by atoms with Crippen molar-refractivity contribution in [3.05, 3.63) is 0 Å². The first-order chi connectivity index (χ1) is 15.3. The summed E-state index contributed by atoms with van der Waals surface area (Å²) >= 11 is 0. The molecule has 4 aliphatic carbocycles. The Balaban J connectivity index is 0.000000196. The van der Waals surface area contributed by atoms with E-state index >= 15 is 0 Å². The van der Waals surface area contributed by atoms with E-state index in [4.69, 9.17) is 14.2 Å². The lowest BCUT2D eigenvalue weighted by molar-refractivity contribution is -0.211. The molecule has 33 heavy (non-hydrogen) atoms. The Morgan fingerprint density at radius 2 is 1.39 bits per heavy atom. The van der Waals surface area contributed by atoms with Gasteiger partial charge in [-0.1, -0.05) is 13.8 Å². The second-order valence-electron chi connectivity index (χ2n) is 12.2. The summed E-state index contributed by atoms with van der Waals surface area (Å²) in [6.07, 6.45) is 7.95. The highest BCUT2D eigenvalue weighted by Gasteiger charge is 2.57. The lowest BCUT2D eigenvalue weighted by Gasteiger charge is -2.59. The quantitative estimate of drug-likeness (QED) is 0.383. The van der Waals surface area contributed by atoms with Gasteiger partial charge < -0.3 is 14.2 Å². The highest BCUT2D eigenvalue weighted by atomic mass is 16.6. The molecule has 0 amide bonds. The first-order valence-corrected chi connectivity index (χ1v) is 12.9. The smallest absolute Gasteiger partial charge is 0.347 e. The largest absolute Gasteiger partial charge is 0.463 e. The van der Waals surface area contributed by atoms with Gasteiger partial charge in [0.1, 0.15) is 5.60 Å². The fraction of sp³-hybridized carbons (Fsp3) is 0.889. The minimum atomic E-state index is -0.687. The summed E-state index contributed by atoms with van der Waals surface area (Å²) < 4.78 is 15.9. The predicted octanol–water partition coefficient (Wildman–Crippen LogP) is 5.46. The molecule has 1 atom stereocenters. The van der Waals surface area contributed by atoms with Gasteiger partial charge >= 0.3 is 17.9 Å². The summed E-state index contributed by atoms with van der Waals surface area (Å²) in [5.41, 5.74) is -1.03. The Labute approximate surface area is 199 Å². The van der Waals surface area contributed by atoms with Crippen LogP contribution in [0.2, 0.25) is 0 Å². The van der Waals surface area contributed by atoms with Crippen LogP contribution in [0.25, 0.3) is 0 Å².